The second-order valence-electron chi connectivity index (χ2n) is 5.08. The first-order chi connectivity index (χ1) is 9.13. The summed E-state index contributed by atoms with van der Waals surface area (Å²) in [6.45, 7) is 4.97. The Balaban J connectivity index is 1.95. The molecule has 1 aliphatic rings. The van der Waals surface area contributed by atoms with Crippen molar-refractivity contribution in [1.29, 1.82) is 0 Å². The van der Waals surface area contributed by atoms with Crippen molar-refractivity contribution in [3.63, 3.8) is 0 Å². The highest BCUT2D eigenvalue weighted by atomic mass is 79.9. The average Bonchev–Trinajstić information content (AvgIpc) is 2.35. The number of nitrogens with one attached hydrogen (secondary N) is 1. The van der Waals surface area contributed by atoms with Gasteiger partial charge in [0.2, 0.25) is 0 Å². The van der Waals surface area contributed by atoms with Crippen LogP contribution < -0.4 is 5.32 Å². The monoisotopic (exact) mass is 327 g/mol. The minimum absolute atomic E-state index is 0.199. The topological polar surface area (TPSA) is 41.5 Å². The van der Waals surface area contributed by atoms with Crippen LogP contribution >= 0.6 is 15.9 Å². The zero-order valence-electron chi connectivity index (χ0n) is 11.5. The van der Waals surface area contributed by atoms with E-state index in [1.165, 1.54) is 0 Å². The van der Waals surface area contributed by atoms with E-state index in [1.54, 1.807) is 6.07 Å². The van der Waals surface area contributed by atoms with E-state index in [4.69, 9.17) is 4.74 Å². The Morgan fingerprint density at radius 3 is 2.79 bits per heavy atom. The van der Waals surface area contributed by atoms with Crippen molar-refractivity contribution in [3.8, 4) is 5.75 Å². The van der Waals surface area contributed by atoms with Gasteiger partial charge >= 0.3 is 0 Å². The van der Waals surface area contributed by atoms with Crippen molar-refractivity contribution < 1.29 is 9.84 Å². The van der Waals surface area contributed by atoms with Gasteiger partial charge in [0.25, 0.3) is 0 Å². The third-order valence-corrected chi connectivity index (χ3v) is 4.20. The molecule has 0 aromatic heterocycles. The number of hydrogen-bond acceptors (Lipinski definition) is 3. The third kappa shape index (κ3) is 3.71. The van der Waals surface area contributed by atoms with Crippen LogP contribution in [0.2, 0.25) is 0 Å². The second kappa shape index (κ2) is 6.73. The van der Waals surface area contributed by atoms with Crippen molar-refractivity contribution in [2.45, 2.75) is 51.3 Å². The van der Waals surface area contributed by atoms with E-state index >= 15 is 0 Å². The minimum Gasteiger partial charge on any atom is -0.508 e. The van der Waals surface area contributed by atoms with Gasteiger partial charge in [0.15, 0.2) is 0 Å². The molecule has 0 bridgehead atoms. The first-order valence-electron chi connectivity index (χ1n) is 7.00. The van der Waals surface area contributed by atoms with Crippen molar-refractivity contribution >= 4 is 15.9 Å². The zero-order valence-corrected chi connectivity index (χ0v) is 13.1. The maximum absolute atomic E-state index is 9.99. The highest BCUT2D eigenvalue weighted by Crippen LogP contribution is 2.32. The summed E-state index contributed by atoms with van der Waals surface area (Å²) < 4.78 is 6.58. The number of ether oxygens (including phenoxy) is 1. The molecule has 106 valence electrons. The number of benzene rings is 1. The summed E-state index contributed by atoms with van der Waals surface area (Å²) in [5, 5.41) is 13.6. The molecule has 1 aromatic rings. The number of hydrogen-bond donors (Lipinski definition) is 2. The molecule has 2 rings (SSSR count). The molecule has 0 heterocycles. The molecule has 1 fully saturated rings. The summed E-state index contributed by atoms with van der Waals surface area (Å²) in [4.78, 5) is 0. The second-order valence-corrected chi connectivity index (χ2v) is 5.99. The Morgan fingerprint density at radius 2 is 2.16 bits per heavy atom. The molecule has 4 heteroatoms. The number of phenols is 1. The Bertz CT molecular complexity index is 419. The Labute approximate surface area is 123 Å². The molecule has 0 saturated heterocycles. The fourth-order valence-corrected chi connectivity index (χ4v) is 2.97. The van der Waals surface area contributed by atoms with Crippen LogP contribution in [0.25, 0.3) is 0 Å². The van der Waals surface area contributed by atoms with E-state index in [-0.39, 0.29) is 6.04 Å². The van der Waals surface area contributed by atoms with Crippen LogP contribution in [0.5, 0.6) is 5.75 Å². The van der Waals surface area contributed by atoms with Gasteiger partial charge < -0.3 is 15.2 Å². The quantitative estimate of drug-likeness (QED) is 0.835. The summed E-state index contributed by atoms with van der Waals surface area (Å²) in [6, 6.07) is 6.30. The van der Waals surface area contributed by atoms with Gasteiger partial charge in [-0.15, -0.1) is 0 Å². The maximum atomic E-state index is 9.99. The Kier molecular flexibility index (Phi) is 5.25. The van der Waals surface area contributed by atoms with Crippen LogP contribution in [0.1, 0.15) is 44.7 Å². The molecular weight excluding hydrogens is 306 g/mol. The maximum Gasteiger partial charge on any atom is 0.120 e. The van der Waals surface area contributed by atoms with Crippen LogP contribution in [0.15, 0.2) is 22.7 Å². The molecule has 1 unspecified atom stereocenters. The summed E-state index contributed by atoms with van der Waals surface area (Å²) >= 11 is 3.46. The van der Waals surface area contributed by atoms with Crippen molar-refractivity contribution in [3.05, 3.63) is 28.2 Å². The average molecular weight is 328 g/mol. The van der Waals surface area contributed by atoms with Crippen LogP contribution in [0.4, 0.5) is 0 Å². The normalized spacial score (nSPS) is 23.9. The first-order valence-corrected chi connectivity index (χ1v) is 7.79. The Morgan fingerprint density at radius 1 is 1.42 bits per heavy atom. The van der Waals surface area contributed by atoms with Crippen molar-refractivity contribution in [1.82, 2.24) is 5.32 Å². The predicted molar refractivity (Wildman–Crippen MR) is 80.4 cm³/mol. The molecular formula is C15H22BrNO2. The fraction of sp³-hybridized carbons (Fsp3) is 0.600. The van der Waals surface area contributed by atoms with Crippen molar-refractivity contribution in [2.75, 3.05) is 6.61 Å². The highest BCUT2D eigenvalue weighted by Gasteiger charge is 2.31. The molecule has 1 saturated carbocycles. The fourth-order valence-electron chi connectivity index (χ4n) is 2.59. The number of phenolic OH excluding ortho intramolecular Hbond substituents is 1. The number of halogens is 1. The molecule has 0 aliphatic heterocycles. The van der Waals surface area contributed by atoms with E-state index in [1.807, 2.05) is 19.1 Å². The van der Waals surface area contributed by atoms with Gasteiger partial charge in [0.1, 0.15) is 5.75 Å². The lowest BCUT2D eigenvalue weighted by Crippen LogP contribution is -2.46. The lowest BCUT2D eigenvalue weighted by Gasteiger charge is -2.38. The summed E-state index contributed by atoms with van der Waals surface area (Å²) in [5.74, 6) is 0.364. The molecule has 19 heavy (non-hydrogen) atoms. The van der Waals surface area contributed by atoms with E-state index in [0.717, 1.165) is 35.9 Å². The molecule has 2 N–H and O–H groups in total. The van der Waals surface area contributed by atoms with E-state index < -0.39 is 0 Å². The minimum atomic E-state index is 0.199. The standard InChI is InChI=1S/C15H22BrNO2/c1-3-14(13-7-10(16)5-6-15(13)18)17-11-8-12(9-11)19-4-2/h5-7,11-12,14,17-18H,3-4,8-9H2,1-2H3. The summed E-state index contributed by atoms with van der Waals surface area (Å²) in [6.07, 6.45) is 3.51. The lowest BCUT2D eigenvalue weighted by molar-refractivity contribution is -0.0126. The number of rotatable bonds is 6. The van der Waals surface area contributed by atoms with Crippen molar-refractivity contribution in [2.24, 2.45) is 0 Å². The largest absolute Gasteiger partial charge is 0.508 e. The molecule has 0 radical (unpaired) electrons. The van der Waals surface area contributed by atoms with Gasteiger partial charge in [-0.25, -0.2) is 0 Å². The van der Waals surface area contributed by atoms with Crippen LogP contribution in [-0.4, -0.2) is 23.9 Å². The van der Waals surface area contributed by atoms with Gasteiger partial charge in [-0.05, 0) is 44.4 Å². The van der Waals surface area contributed by atoms with Crippen LogP contribution in [0, 0.1) is 0 Å². The zero-order chi connectivity index (χ0) is 13.8. The van der Waals surface area contributed by atoms with E-state index in [0.29, 0.717) is 17.9 Å². The molecule has 3 nitrogen and oxygen atoms in total. The van der Waals surface area contributed by atoms with Gasteiger partial charge in [-0.3, -0.25) is 0 Å². The van der Waals surface area contributed by atoms with Gasteiger partial charge in [-0.2, -0.15) is 0 Å². The molecule has 1 aliphatic carbocycles. The van der Waals surface area contributed by atoms with Crippen LogP contribution in [0.3, 0.4) is 0 Å². The Hall–Kier alpha value is -0.580. The summed E-state index contributed by atoms with van der Waals surface area (Å²) in [7, 11) is 0. The highest BCUT2D eigenvalue weighted by molar-refractivity contribution is 9.10. The first kappa shape index (κ1) is 14.8. The number of aromatic hydroxyl groups is 1. The molecule has 0 amide bonds. The molecule has 1 aromatic carbocycles. The van der Waals surface area contributed by atoms with Crippen LogP contribution in [-0.2, 0) is 4.74 Å². The lowest BCUT2D eigenvalue weighted by atomic mass is 9.87. The molecule has 0 spiro atoms. The smallest absolute Gasteiger partial charge is 0.120 e. The van der Waals surface area contributed by atoms with Gasteiger partial charge in [-0.1, -0.05) is 22.9 Å². The van der Waals surface area contributed by atoms with E-state index in [2.05, 4.69) is 28.2 Å². The van der Waals surface area contributed by atoms with Gasteiger partial charge in [0, 0.05) is 28.7 Å². The SMILES string of the molecule is CCOC1CC(NC(CC)c2cc(Br)ccc2O)C1. The predicted octanol–water partition coefficient (Wildman–Crippen LogP) is 3.76. The summed E-state index contributed by atoms with van der Waals surface area (Å²) in [5.41, 5.74) is 0.969. The molecule has 1 atom stereocenters. The van der Waals surface area contributed by atoms with E-state index in [9.17, 15) is 5.11 Å². The third-order valence-electron chi connectivity index (χ3n) is 3.71. The van der Waals surface area contributed by atoms with Gasteiger partial charge in [0.05, 0.1) is 6.10 Å².